The van der Waals surface area contributed by atoms with Gasteiger partial charge in [-0.1, -0.05) is 24.3 Å². The van der Waals surface area contributed by atoms with Crippen LogP contribution < -0.4 is 15.8 Å². The Morgan fingerprint density at radius 1 is 1.10 bits per heavy atom. The Labute approximate surface area is 185 Å². The average molecular weight is 449 g/mol. The maximum atomic E-state index is 11.0. The summed E-state index contributed by atoms with van der Waals surface area (Å²) in [4.78, 5) is 11.0. The lowest BCUT2D eigenvalue weighted by atomic mass is 10.0. The summed E-state index contributed by atoms with van der Waals surface area (Å²) in [5, 5.41) is 42.1. The fraction of sp³-hybridized carbons (Fsp3) is 0.409. The second-order valence-corrected chi connectivity index (χ2v) is 8.96. The number of carbonyl (C=O) groups excluding carboxylic acids is 1. The second-order valence-electron chi connectivity index (χ2n) is 7.62. The molecule has 1 unspecified atom stereocenters. The van der Waals surface area contributed by atoms with Crippen molar-refractivity contribution >= 4 is 23.5 Å². The van der Waals surface area contributed by atoms with E-state index in [2.05, 4.69) is 5.32 Å². The number of benzene rings is 2. The fourth-order valence-corrected chi connectivity index (χ4v) is 4.88. The highest BCUT2D eigenvalue weighted by atomic mass is 32.2. The number of thioether (sulfide) groups is 1. The Hall–Kier alpha value is -2.30. The van der Waals surface area contributed by atoms with E-state index in [9.17, 15) is 25.2 Å². The van der Waals surface area contributed by atoms with Gasteiger partial charge in [0.15, 0.2) is 5.44 Å². The zero-order chi connectivity index (χ0) is 22.5. The van der Waals surface area contributed by atoms with Gasteiger partial charge in [-0.3, -0.25) is 0 Å². The number of aryl methyl sites for hydroxylation is 1. The molecule has 8 nitrogen and oxygen atoms in total. The van der Waals surface area contributed by atoms with Gasteiger partial charge in [0, 0.05) is 24.0 Å². The molecule has 0 aromatic heterocycles. The van der Waals surface area contributed by atoms with E-state index >= 15 is 0 Å². The van der Waals surface area contributed by atoms with Crippen molar-refractivity contribution in [2.24, 2.45) is 5.73 Å². The maximum Gasteiger partial charge on any atom is 0.316 e. The van der Waals surface area contributed by atoms with Gasteiger partial charge >= 0.3 is 6.03 Å². The first kappa shape index (κ1) is 23.4. The summed E-state index contributed by atoms with van der Waals surface area (Å²) in [7, 11) is 0. The monoisotopic (exact) mass is 448 g/mol. The number of nitrogens with one attached hydrogen (secondary N) is 1. The molecular formula is C22H28N2O6S. The van der Waals surface area contributed by atoms with Crippen molar-refractivity contribution in [1.82, 2.24) is 0 Å². The van der Waals surface area contributed by atoms with Crippen LogP contribution in [-0.2, 0) is 6.42 Å². The van der Waals surface area contributed by atoms with Gasteiger partial charge in [-0.25, -0.2) is 4.79 Å². The number of hydrogen-bond acceptors (Lipinski definition) is 7. The SMILES string of the molecule is Cc1ccc(Cc2ccc(NC(N)=O)cc2)c(O[C@@H]2S[C@H](CCO)[C@@H](O)C(O)[C@H]2O)c1. The lowest BCUT2D eigenvalue weighted by Gasteiger charge is -2.40. The lowest BCUT2D eigenvalue weighted by Crippen LogP contribution is -2.54. The van der Waals surface area contributed by atoms with E-state index in [1.54, 1.807) is 12.1 Å². The van der Waals surface area contributed by atoms with Crippen LogP contribution in [0.25, 0.3) is 0 Å². The average Bonchev–Trinajstić information content (AvgIpc) is 2.73. The Kier molecular flexibility index (Phi) is 7.79. The first-order valence-electron chi connectivity index (χ1n) is 10.0. The molecule has 0 aliphatic carbocycles. The summed E-state index contributed by atoms with van der Waals surface area (Å²) in [6.07, 6.45) is -2.95. The Morgan fingerprint density at radius 2 is 1.81 bits per heavy atom. The number of aliphatic hydroxyl groups excluding tert-OH is 4. The molecule has 7 N–H and O–H groups in total. The summed E-state index contributed by atoms with van der Waals surface area (Å²) in [6.45, 7) is 1.79. The molecule has 1 aliphatic rings. The number of carbonyl (C=O) groups is 1. The number of amides is 2. The van der Waals surface area contributed by atoms with Gasteiger partial charge in [0.05, 0.1) is 6.10 Å². The van der Waals surface area contributed by atoms with E-state index in [-0.39, 0.29) is 13.0 Å². The van der Waals surface area contributed by atoms with Gasteiger partial charge in [-0.05, 0) is 48.2 Å². The van der Waals surface area contributed by atoms with Crippen molar-refractivity contribution in [2.45, 2.75) is 48.8 Å². The van der Waals surface area contributed by atoms with Crippen LogP contribution in [0.1, 0.15) is 23.1 Å². The number of aliphatic hydroxyl groups is 4. The molecule has 1 fully saturated rings. The standard InChI is InChI=1S/C22H28N2O6S/c1-12-2-5-14(11-13-3-6-15(7-4-13)24-22(23)29)16(10-12)30-21-20(28)19(27)18(26)17(31-21)8-9-25/h2-7,10,17-21,25-28H,8-9,11H2,1H3,(H3,23,24,29)/t17-,18-,19?,20-,21-/m1/s1. The number of nitrogens with two attached hydrogens (primary N) is 1. The Balaban J connectivity index is 1.79. The summed E-state index contributed by atoms with van der Waals surface area (Å²) < 4.78 is 6.11. The van der Waals surface area contributed by atoms with E-state index in [0.717, 1.165) is 16.7 Å². The third-order valence-electron chi connectivity index (χ3n) is 5.16. The molecule has 2 aromatic rings. The molecule has 2 aromatic carbocycles. The quantitative estimate of drug-likeness (QED) is 0.375. The molecule has 31 heavy (non-hydrogen) atoms. The molecule has 1 saturated heterocycles. The van der Waals surface area contributed by atoms with Gasteiger partial charge in [0.1, 0.15) is 18.0 Å². The van der Waals surface area contributed by atoms with Crippen LogP contribution in [0.15, 0.2) is 42.5 Å². The molecular weight excluding hydrogens is 420 g/mol. The van der Waals surface area contributed by atoms with E-state index in [1.807, 2.05) is 37.3 Å². The van der Waals surface area contributed by atoms with Gasteiger partial charge < -0.3 is 36.2 Å². The lowest BCUT2D eigenvalue weighted by molar-refractivity contribution is -0.0890. The Morgan fingerprint density at radius 3 is 2.45 bits per heavy atom. The highest BCUT2D eigenvalue weighted by Crippen LogP contribution is 2.37. The number of anilines is 1. The smallest absolute Gasteiger partial charge is 0.316 e. The molecule has 9 heteroatoms. The summed E-state index contributed by atoms with van der Waals surface area (Å²) >= 11 is 1.21. The van der Waals surface area contributed by atoms with Crippen LogP contribution in [0.2, 0.25) is 0 Å². The third kappa shape index (κ3) is 5.90. The van der Waals surface area contributed by atoms with Crippen molar-refractivity contribution in [3.05, 3.63) is 59.2 Å². The van der Waals surface area contributed by atoms with Crippen molar-refractivity contribution in [3.8, 4) is 5.75 Å². The molecule has 168 valence electrons. The largest absolute Gasteiger partial charge is 0.477 e. The van der Waals surface area contributed by atoms with Gasteiger partial charge in [0.25, 0.3) is 0 Å². The fourth-order valence-electron chi connectivity index (χ4n) is 3.49. The zero-order valence-corrected chi connectivity index (χ0v) is 18.0. The maximum absolute atomic E-state index is 11.0. The summed E-state index contributed by atoms with van der Waals surface area (Å²) in [6, 6.07) is 12.4. The zero-order valence-electron chi connectivity index (χ0n) is 17.1. The van der Waals surface area contributed by atoms with Crippen LogP contribution in [-0.4, -0.2) is 62.1 Å². The number of hydrogen-bond donors (Lipinski definition) is 6. The van der Waals surface area contributed by atoms with Crippen molar-refractivity contribution in [2.75, 3.05) is 11.9 Å². The predicted octanol–water partition coefficient (Wildman–Crippen LogP) is 1.36. The second kappa shape index (κ2) is 10.3. The highest BCUT2D eigenvalue weighted by molar-refractivity contribution is 8.00. The van der Waals surface area contributed by atoms with E-state index in [1.165, 1.54) is 11.8 Å². The molecule has 2 amide bonds. The molecule has 0 radical (unpaired) electrons. The molecule has 5 atom stereocenters. The first-order chi connectivity index (χ1) is 14.8. The number of primary amides is 1. The van der Waals surface area contributed by atoms with Crippen LogP contribution in [0, 0.1) is 6.92 Å². The molecule has 3 rings (SSSR count). The topological polar surface area (TPSA) is 145 Å². The minimum atomic E-state index is -1.36. The van der Waals surface area contributed by atoms with Crippen molar-refractivity contribution in [3.63, 3.8) is 0 Å². The van der Waals surface area contributed by atoms with Crippen molar-refractivity contribution < 1.29 is 30.0 Å². The van der Waals surface area contributed by atoms with E-state index in [0.29, 0.717) is 17.9 Å². The van der Waals surface area contributed by atoms with Crippen LogP contribution in [0.4, 0.5) is 10.5 Å². The number of rotatable bonds is 7. The van der Waals surface area contributed by atoms with Crippen molar-refractivity contribution in [1.29, 1.82) is 0 Å². The molecule has 1 heterocycles. The number of urea groups is 1. The minimum Gasteiger partial charge on any atom is -0.477 e. The number of ether oxygens (including phenoxy) is 1. The highest BCUT2D eigenvalue weighted by Gasteiger charge is 2.44. The molecule has 0 saturated carbocycles. The normalized spacial score (nSPS) is 25.8. The van der Waals surface area contributed by atoms with Crippen LogP contribution in [0.3, 0.4) is 0 Å². The van der Waals surface area contributed by atoms with Gasteiger partial charge in [-0.2, -0.15) is 0 Å². The first-order valence-corrected chi connectivity index (χ1v) is 10.9. The Bertz CT molecular complexity index is 894. The van der Waals surface area contributed by atoms with E-state index in [4.69, 9.17) is 10.5 Å². The van der Waals surface area contributed by atoms with Crippen LogP contribution >= 0.6 is 11.8 Å². The molecule has 1 aliphatic heterocycles. The predicted molar refractivity (Wildman–Crippen MR) is 119 cm³/mol. The van der Waals surface area contributed by atoms with Crippen LogP contribution in [0.5, 0.6) is 5.75 Å². The van der Waals surface area contributed by atoms with E-state index < -0.39 is 35.0 Å². The molecule has 0 spiro atoms. The van der Waals surface area contributed by atoms with Gasteiger partial charge in [-0.15, -0.1) is 11.8 Å². The third-order valence-corrected chi connectivity index (χ3v) is 6.67. The minimum absolute atomic E-state index is 0.138. The molecule has 0 bridgehead atoms. The summed E-state index contributed by atoms with van der Waals surface area (Å²) in [5.41, 5.74) is 7.77. The van der Waals surface area contributed by atoms with Gasteiger partial charge in [0.2, 0.25) is 0 Å². The summed E-state index contributed by atoms with van der Waals surface area (Å²) in [5.74, 6) is 0.572.